The Bertz CT molecular complexity index is 866. The number of hydrogen-bond acceptors (Lipinski definition) is 3. The molecule has 0 N–H and O–H groups in total. The Morgan fingerprint density at radius 2 is 2.05 bits per heavy atom. The van der Waals surface area contributed by atoms with Crippen LogP contribution < -0.4 is 5.56 Å². The lowest BCUT2D eigenvalue weighted by Crippen LogP contribution is -2.26. The summed E-state index contributed by atoms with van der Waals surface area (Å²) in [6.45, 7) is 5.16. The van der Waals surface area contributed by atoms with E-state index in [1.807, 2.05) is 52.4 Å². The number of aryl methyl sites for hydroxylation is 2. The molecular formula is C15H15IN4O. The highest BCUT2D eigenvalue weighted by atomic mass is 127. The van der Waals surface area contributed by atoms with Gasteiger partial charge in [-0.15, -0.1) is 0 Å². The first kappa shape index (κ1) is 14.2. The average molecular weight is 394 g/mol. The van der Waals surface area contributed by atoms with Crippen LogP contribution in [-0.4, -0.2) is 19.3 Å². The van der Waals surface area contributed by atoms with E-state index in [0.29, 0.717) is 15.9 Å². The smallest absolute Gasteiger partial charge is 0.267 e. The molecule has 1 aromatic carbocycles. The third-order valence-corrected chi connectivity index (χ3v) is 4.29. The van der Waals surface area contributed by atoms with Crippen LogP contribution in [0.2, 0.25) is 0 Å². The first-order chi connectivity index (χ1) is 10.1. The van der Waals surface area contributed by atoms with Crippen molar-refractivity contribution in [2.75, 3.05) is 0 Å². The largest absolute Gasteiger partial charge is 0.290 e. The van der Waals surface area contributed by atoms with Crippen molar-refractivity contribution >= 4 is 33.5 Å². The molecule has 3 aromatic rings. The molecule has 6 heteroatoms. The number of fused-ring (bicyclic) bond motifs is 1. The molecule has 5 nitrogen and oxygen atoms in total. The predicted octanol–water partition coefficient (Wildman–Crippen LogP) is 2.57. The lowest BCUT2D eigenvalue weighted by Gasteiger charge is -2.07. The van der Waals surface area contributed by atoms with Crippen LogP contribution in [0.15, 0.2) is 35.3 Å². The van der Waals surface area contributed by atoms with Crippen molar-refractivity contribution in [3.8, 4) is 0 Å². The minimum absolute atomic E-state index is 0.0155. The van der Waals surface area contributed by atoms with Crippen molar-refractivity contribution in [3.63, 3.8) is 0 Å². The first-order valence-electron chi connectivity index (χ1n) is 6.78. The molecule has 0 bridgehead atoms. The second-order valence-electron chi connectivity index (χ2n) is 4.82. The summed E-state index contributed by atoms with van der Waals surface area (Å²) in [6, 6.07) is 8.10. The molecular weight excluding hydrogens is 379 g/mol. The quantitative estimate of drug-likeness (QED) is 0.642. The number of benzene rings is 1. The van der Waals surface area contributed by atoms with Gasteiger partial charge in [-0.1, -0.05) is 18.2 Å². The minimum Gasteiger partial charge on any atom is -0.290 e. The van der Waals surface area contributed by atoms with Crippen molar-refractivity contribution < 1.29 is 0 Å². The molecule has 0 spiro atoms. The zero-order chi connectivity index (χ0) is 15.0. The van der Waals surface area contributed by atoms with Crippen LogP contribution >= 0.6 is 22.6 Å². The number of rotatable bonds is 3. The predicted molar refractivity (Wildman–Crippen MR) is 90.5 cm³/mol. The van der Waals surface area contributed by atoms with Crippen LogP contribution in [0.3, 0.4) is 0 Å². The van der Waals surface area contributed by atoms with E-state index in [1.54, 1.807) is 10.8 Å². The number of nitrogens with zero attached hydrogens (tertiary/aromatic N) is 4. The van der Waals surface area contributed by atoms with E-state index in [4.69, 9.17) is 0 Å². The second kappa shape index (κ2) is 5.59. The summed E-state index contributed by atoms with van der Waals surface area (Å²) in [4.78, 5) is 16.6. The summed E-state index contributed by atoms with van der Waals surface area (Å²) in [5.74, 6) is 0.704. The molecule has 2 heterocycles. The van der Waals surface area contributed by atoms with Gasteiger partial charge >= 0.3 is 0 Å². The maximum atomic E-state index is 12.3. The van der Waals surface area contributed by atoms with Crippen LogP contribution in [0.4, 0.5) is 0 Å². The van der Waals surface area contributed by atoms with Gasteiger partial charge in [-0.2, -0.15) is 5.10 Å². The van der Waals surface area contributed by atoms with E-state index in [9.17, 15) is 4.79 Å². The summed E-state index contributed by atoms with van der Waals surface area (Å²) in [7, 11) is 0. The molecule has 0 aliphatic heterocycles. The van der Waals surface area contributed by atoms with Gasteiger partial charge in [0.25, 0.3) is 5.56 Å². The third-order valence-electron chi connectivity index (χ3n) is 3.55. The van der Waals surface area contributed by atoms with Gasteiger partial charge in [-0.05, 0) is 42.5 Å². The number of aromatic nitrogens is 4. The molecule has 0 aliphatic rings. The summed E-state index contributed by atoms with van der Waals surface area (Å²) in [6.07, 6.45) is 1.61. The van der Waals surface area contributed by atoms with Gasteiger partial charge in [0, 0.05) is 18.1 Å². The van der Waals surface area contributed by atoms with Crippen LogP contribution in [0.5, 0.6) is 0 Å². The van der Waals surface area contributed by atoms with E-state index in [0.717, 1.165) is 23.1 Å². The van der Waals surface area contributed by atoms with Gasteiger partial charge in [0.05, 0.1) is 21.3 Å². The van der Waals surface area contributed by atoms with Crippen LogP contribution in [-0.2, 0) is 13.1 Å². The lowest BCUT2D eigenvalue weighted by molar-refractivity contribution is 0.633. The fourth-order valence-electron chi connectivity index (χ4n) is 2.44. The Morgan fingerprint density at radius 3 is 2.81 bits per heavy atom. The van der Waals surface area contributed by atoms with E-state index < -0.39 is 0 Å². The van der Waals surface area contributed by atoms with Crippen molar-refractivity contribution in [2.45, 2.75) is 26.9 Å². The van der Waals surface area contributed by atoms with E-state index in [1.165, 1.54) is 0 Å². The summed E-state index contributed by atoms with van der Waals surface area (Å²) < 4.78 is 4.26. The number of hydrogen-bond donors (Lipinski definition) is 0. The Labute approximate surface area is 135 Å². The van der Waals surface area contributed by atoms with E-state index in [2.05, 4.69) is 23.1 Å². The molecule has 0 aliphatic carbocycles. The van der Waals surface area contributed by atoms with Gasteiger partial charge in [0.15, 0.2) is 0 Å². The molecule has 108 valence electrons. The molecule has 2 aromatic heterocycles. The fraction of sp³-hybridized carbons (Fsp3) is 0.267. The molecule has 0 saturated heterocycles. The highest BCUT2D eigenvalue weighted by Crippen LogP contribution is 2.19. The van der Waals surface area contributed by atoms with Crippen molar-refractivity contribution in [3.05, 3.63) is 55.9 Å². The maximum absolute atomic E-state index is 12.3. The first-order valence-corrected chi connectivity index (χ1v) is 7.86. The highest BCUT2D eigenvalue weighted by molar-refractivity contribution is 14.1. The number of halogens is 1. The zero-order valence-electron chi connectivity index (χ0n) is 11.9. The SMILES string of the molecule is CCn1nc(Cn2c(C)ncc(I)c2=O)c2ccccc21. The average Bonchev–Trinajstić information content (AvgIpc) is 2.86. The van der Waals surface area contributed by atoms with Gasteiger partial charge < -0.3 is 0 Å². The summed E-state index contributed by atoms with van der Waals surface area (Å²) in [5.41, 5.74) is 1.99. The molecule has 0 amide bonds. The number of para-hydroxylation sites is 1. The molecule has 21 heavy (non-hydrogen) atoms. The van der Waals surface area contributed by atoms with Gasteiger partial charge in [-0.3, -0.25) is 14.0 Å². The Kier molecular flexibility index (Phi) is 3.79. The van der Waals surface area contributed by atoms with E-state index in [-0.39, 0.29) is 5.56 Å². The standard InChI is InChI=1S/C15H15IN4O/c1-3-20-14-7-5-4-6-11(14)13(18-20)9-19-10(2)17-8-12(16)15(19)21/h4-8H,3,9H2,1-2H3. The lowest BCUT2D eigenvalue weighted by atomic mass is 10.2. The zero-order valence-corrected chi connectivity index (χ0v) is 14.0. The van der Waals surface area contributed by atoms with Crippen molar-refractivity contribution in [2.24, 2.45) is 0 Å². The Hall–Kier alpha value is -1.70. The van der Waals surface area contributed by atoms with Crippen LogP contribution in [0.1, 0.15) is 18.4 Å². The van der Waals surface area contributed by atoms with E-state index >= 15 is 0 Å². The molecule has 3 rings (SSSR count). The van der Waals surface area contributed by atoms with Gasteiger partial charge in [0.1, 0.15) is 5.82 Å². The minimum atomic E-state index is -0.0155. The van der Waals surface area contributed by atoms with Gasteiger partial charge in [0.2, 0.25) is 0 Å². The molecule has 0 unspecified atom stereocenters. The van der Waals surface area contributed by atoms with Crippen LogP contribution in [0, 0.1) is 10.5 Å². The fourth-order valence-corrected chi connectivity index (χ4v) is 2.87. The molecule has 0 atom stereocenters. The molecule has 0 saturated carbocycles. The van der Waals surface area contributed by atoms with Gasteiger partial charge in [-0.25, -0.2) is 4.98 Å². The van der Waals surface area contributed by atoms with Crippen molar-refractivity contribution in [1.29, 1.82) is 0 Å². The van der Waals surface area contributed by atoms with Crippen molar-refractivity contribution in [1.82, 2.24) is 19.3 Å². The molecule has 0 radical (unpaired) electrons. The molecule has 0 fully saturated rings. The topological polar surface area (TPSA) is 52.7 Å². The summed E-state index contributed by atoms with van der Waals surface area (Å²) >= 11 is 2.02. The highest BCUT2D eigenvalue weighted by Gasteiger charge is 2.12. The Balaban J connectivity index is 2.15. The monoisotopic (exact) mass is 394 g/mol. The Morgan fingerprint density at radius 1 is 1.29 bits per heavy atom. The maximum Gasteiger partial charge on any atom is 0.267 e. The third kappa shape index (κ3) is 2.48. The normalized spacial score (nSPS) is 11.2. The second-order valence-corrected chi connectivity index (χ2v) is 5.99. The summed E-state index contributed by atoms with van der Waals surface area (Å²) in [5, 5.41) is 5.73. The van der Waals surface area contributed by atoms with Crippen LogP contribution in [0.25, 0.3) is 10.9 Å².